The Labute approximate surface area is 143 Å². The Morgan fingerprint density at radius 3 is 2.43 bits per heavy atom. The molecule has 2 aromatic rings. The number of nitrogens with zero attached hydrogens (tertiary/aromatic N) is 3. The van der Waals surface area contributed by atoms with Crippen molar-refractivity contribution in [2.24, 2.45) is 5.92 Å². The first-order valence-electron chi connectivity index (χ1n) is 8.19. The maximum Gasteiger partial charge on any atom is 0.232 e. The minimum Gasteiger partial charge on any atom is -0.224 e. The summed E-state index contributed by atoms with van der Waals surface area (Å²) in [6.45, 7) is 0. The first-order chi connectivity index (χ1) is 10.8. The van der Waals surface area contributed by atoms with Gasteiger partial charge in [-0.25, -0.2) is 9.97 Å². The van der Waals surface area contributed by atoms with E-state index in [2.05, 4.69) is 40.3 Å². The van der Waals surface area contributed by atoms with Crippen LogP contribution >= 0.6 is 12.4 Å². The van der Waals surface area contributed by atoms with E-state index in [4.69, 9.17) is 0 Å². The van der Waals surface area contributed by atoms with Crippen molar-refractivity contribution < 1.29 is 0 Å². The summed E-state index contributed by atoms with van der Waals surface area (Å²) in [6, 6.07) is 10.9. The second-order valence-corrected chi connectivity index (χ2v) is 6.49. The fourth-order valence-corrected chi connectivity index (χ4v) is 3.96. The molecule has 1 aromatic carbocycles. The highest BCUT2D eigenvalue weighted by molar-refractivity contribution is 5.85. The zero-order chi connectivity index (χ0) is 14.9. The third-order valence-corrected chi connectivity index (χ3v) is 4.99. The maximum atomic E-state index is 9.19. The molecule has 3 nitrogen and oxygen atoms in total. The number of hydrogen-bond acceptors (Lipinski definition) is 3. The molecule has 1 heterocycles. The molecular weight excluding hydrogens is 306 g/mol. The maximum absolute atomic E-state index is 9.19. The predicted octanol–water partition coefficient (Wildman–Crippen LogP) is 3.61. The number of benzene rings is 1. The van der Waals surface area contributed by atoms with Crippen molar-refractivity contribution >= 4 is 12.4 Å². The Balaban J connectivity index is 0.00000156. The van der Waals surface area contributed by atoms with Crippen molar-refractivity contribution in [3.63, 3.8) is 0 Å². The van der Waals surface area contributed by atoms with E-state index in [1.54, 1.807) is 0 Å². The molecule has 0 amide bonds. The van der Waals surface area contributed by atoms with Crippen molar-refractivity contribution in [2.45, 2.75) is 44.9 Å². The largest absolute Gasteiger partial charge is 0.232 e. The molecule has 0 aliphatic heterocycles. The first kappa shape index (κ1) is 16.0. The zero-order valence-corrected chi connectivity index (χ0v) is 13.9. The highest BCUT2D eigenvalue weighted by Gasteiger charge is 2.25. The number of halogens is 1. The lowest BCUT2D eigenvalue weighted by atomic mass is 9.90. The summed E-state index contributed by atoms with van der Waals surface area (Å²) in [6.07, 6.45) is 7.74. The molecule has 2 aliphatic rings. The second kappa shape index (κ2) is 6.68. The fourth-order valence-electron chi connectivity index (χ4n) is 3.96. The molecule has 23 heavy (non-hydrogen) atoms. The molecule has 0 radical (unpaired) electrons. The molecule has 2 aliphatic carbocycles. The topological polar surface area (TPSA) is 49.6 Å². The number of aryl methyl sites for hydroxylation is 1. The van der Waals surface area contributed by atoms with Crippen LogP contribution < -0.4 is 0 Å². The quantitative estimate of drug-likeness (QED) is 0.847. The minimum atomic E-state index is 0. The Morgan fingerprint density at radius 2 is 1.74 bits per heavy atom. The van der Waals surface area contributed by atoms with Gasteiger partial charge in [0.2, 0.25) is 5.82 Å². The van der Waals surface area contributed by atoms with Crippen LogP contribution in [-0.4, -0.2) is 9.97 Å². The summed E-state index contributed by atoms with van der Waals surface area (Å²) < 4.78 is 0. The summed E-state index contributed by atoms with van der Waals surface area (Å²) in [5.74, 6) is 0.969. The molecular formula is C19H20ClN3. The van der Waals surface area contributed by atoms with Crippen molar-refractivity contribution in [2.75, 3.05) is 0 Å². The van der Waals surface area contributed by atoms with Crippen LogP contribution in [0.4, 0.5) is 0 Å². The molecule has 0 N–H and O–H groups in total. The van der Waals surface area contributed by atoms with Gasteiger partial charge < -0.3 is 0 Å². The average Bonchev–Trinajstić information content (AvgIpc) is 2.97. The van der Waals surface area contributed by atoms with Crippen molar-refractivity contribution in [3.05, 3.63) is 58.2 Å². The number of aromatic nitrogens is 2. The Bertz CT molecular complexity index is 739. The first-order valence-corrected chi connectivity index (χ1v) is 8.19. The molecule has 0 saturated carbocycles. The molecule has 0 atom stereocenters. The van der Waals surface area contributed by atoms with Crippen LogP contribution in [0.25, 0.3) is 0 Å². The SMILES string of the molecule is Cl.N#Cc1nc2c(c(CC3Cc4ccccc4C3)n1)CCCC2. The highest BCUT2D eigenvalue weighted by Crippen LogP contribution is 2.31. The van der Waals surface area contributed by atoms with Crippen LogP contribution in [0.1, 0.15) is 46.7 Å². The van der Waals surface area contributed by atoms with Crippen molar-refractivity contribution in [1.82, 2.24) is 9.97 Å². The van der Waals surface area contributed by atoms with Crippen LogP contribution in [-0.2, 0) is 32.1 Å². The monoisotopic (exact) mass is 325 g/mol. The van der Waals surface area contributed by atoms with Gasteiger partial charge in [-0.05, 0) is 67.6 Å². The zero-order valence-electron chi connectivity index (χ0n) is 13.1. The summed E-state index contributed by atoms with van der Waals surface area (Å²) in [5, 5.41) is 9.19. The van der Waals surface area contributed by atoms with Gasteiger partial charge in [-0.15, -0.1) is 12.4 Å². The summed E-state index contributed by atoms with van der Waals surface area (Å²) >= 11 is 0. The van der Waals surface area contributed by atoms with E-state index in [0.29, 0.717) is 11.7 Å². The van der Waals surface area contributed by atoms with Gasteiger partial charge in [0.15, 0.2) is 0 Å². The van der Waals surface area contributed by atoms with Gasteiger partial charge in [-0.1, -0.05) is 24.3 Å². The van der Waals surface area contributed by atoms with E-state index in [1.165, 1.54) is 29.5 Å². The molecule has 4 rings (SSSR count). The second-order valence-electron chi connectivity index (χ2n) is 6.49. The van der Waals surface area contributed by atoms with Gasteiger partial charge in [0.1, 0.15) is 6.07 Å². The molecule has 0 bridgehead atoms. The van der Waals surface area contributed by atoms with Crippen LogP contribution in [0.3, 0.4) is 0 Å². The number of hydrogen-bond donors (Lipinski definition) is 0. The lowest BCUT2D eigenvalue weighted by Gasteiger charge is -2.19. The Hall–Kier alpha value is -1.92. The van der Waals surface area contributed by atoms with Crippen molar-refractivity contribution in [1.29, 1.82) is 5.26 Å². The van der Waals surface area contributed by atoms with E-state index in [0.717, 1.165) is 43.5 Å². The predicted molar refractivity (Wildman–Crippen MR) is 91.7 cm³/mol. The van der Waals surface area contributed by atoms with Gasteiger partial charge in [0, 0.05) is 11.4 Å². The third kappa shape index (κ3) is 3.09. The van der Waals surface area contributed by atoms with E-state index in [-0.39, 0.29) is 12.4 Å². The van der Waals surface area contributed by atoms with E-state index in [9.17, 15) is 5.26 Å². The number of fused-ring (bicyclic) bond motifs is 2. The molecule has 4 heteroatoms. The molecule has 0 spiro atoms. The van der Waals surface area contributed by atoms with Gasteiger partial charge in [0.05, 0.1) is 0 Å². The van der Waals surface area contributed by atoms with Gasteiger partial charge >= 0.3 is 0 Å². The van der Waals surface area contributed by atoms with Crippen LogP contribution in [0, 0.1) is 17.2 Å². The molecule has 0 unspecified atom stereocenters. The molecule has 0 fully saturated rings. The highest BCUT2D eigenvalue weighted by atomic mass is 35.5. The average molecular weight is 326 g/mol. The van der Waals surface area contributed by atoms with Crippen molar-refractivity contribution in [3.8, 4) is 6.07 Å². The van der Waals surface area contributed by atoms with Crippen LogP contribution in [0.15, 0.2) is 24.3 Å². The fraction of sp³-hybridized carbons (Fsp3) is 0.421. The van der Waals surface area contributed by atoms with Gasteiger partial charge in [-0.2, -0.15) is 5.26 Å². The Kier molecular flexibility index (Phi) is 4.63. The minimum absolute atomic E-state index is 0. The lowest BCUT2D eigenvalue weighted by Crippen LogP contribution is -2.16. The number of nitriles is 1. The molecule has 1 aromatic heterocycles. The molecule has 118 valence electrons. The summed E-state index contributed by atoms with van der Waals surface area (Å²) in [5.41, 5.74) is 6.57. The van der Waals surface area contributed by atoms with Crippen LogP contribution in [0.5, 0.6) is 0 Å². The normalized spacial score (nSPS) is 16.1. The third-order valence-electron chi connectivity index (χ3n) is 4.99. The van der Waals surface area contributed by atoms with Gasteiger partial charge in [-0.3, -0.25) is 0 Å². The molecule has 0 saturated heterocycles. The van der Waals surface area contributed by atoms with E-state index >= 15 is 0 Å². The number of rotatable bonds is 2. The van der Waals surface area contributed by atoms with E-state index < -0.39 is 0 Å². The summed E-state index contributed by atoms with van der Waals surface area (Å²) in [7, 11) is 0. The standard InChI is InChI=1S/C19H19N3.ClH/c20-12-19-21-17-8-4-3-7-16(17)18(22-19)11-13-9-14-5-1-2-6-15(14)10-13;/h1-2,5-6,13H,3-4,7-11H2;1H. The Morgan fingerprint density at radius 1 is 1.04 bits per heavy atom. The lowest BCUT2D eigenvalue weighted by molar-refractivity contribution is 0.539. The van der Waals surface area contributed by atoms with E-state index in [1.807, 2.05) is 0 Å². The smallest absolute Gasteiger partial charge is 0.224 e. The van der Waals surface area contributed by atoms with Crippen LogP contribution in [0.2, 0.25) is 0 Å². The summed E-state index contributed by atoms with van der Waals surface area (Å²) in [4.78, 5) is 8.99. The van der Waals surface area contributed by atoms with Gasteiger partial charge in [0.25, 0.3) is 0 Å².